The van der Waals surface area contributed by atoms with Crippen LogP contribution < -0.4 is 5.73 Å². The molecular formula is C21H37N7. The number of fused-ring (bicyclic) bond motifs is 1. The summed E-state index contributed by atoms with van der Waals surface area (Å²) in [7, 11) is 0. The zero-order valence-electron chi connectivity index (χ0n) is 18.1. The van der Waals surface area contributed by atoms with Crippen LogP contribution in [0, 0.1) is 0 Å². The van der Waals surface area contributed by atoms with Crippen LogP contribution in [0.1, 0.15) is 59.1 Å². The summed E-state index contributed by atoms with van der Waals surface area (Å²) in [6.45, 7) is 15.8. The fraction of sp³-hybridized carbons (Fsp3) is 0.762. The normalized spacial score (nSPS) is 16.9. The Hall–Kier alpha value is -1.73. The highest BCUT2D eigenvalue weighted by atomic mass is 15.3. The fourth-order valence-electron chi connectivity index (χ4n) is 4.07. The molecule has 7 heteroatoms. The molecule has 1 fully saturated rings. The van der Waals surface area contributed by atoms with Crippen molar-refractivity contribution >= 4 is 17.1 Å². The van der Waals surface area contributed by atoms with Crippen molar-refractivity contribution in [2.45, 2.75) is 71.9 Å². The second kappa shape index (κ2) is 9.18. The Morgan fingerprint density at radius 1 is 1.00 bits per heavy atom. The molecule has 1 aliphatic rings. The topological polar surface area (TPSA) is 76.1 Å². The molecule has 1 saturated heterocycles. The van der Waals surface area contributed by atoms with Gasteiger partial charge < -0.3 is 15.2 Å². The molecule has 156 valence electrons. The van der Waals surface area contributed by atoms with E-state index in [0.29, 0.717) is 5.95 Å². The third-order valence-electron chi connectivity index (χ3n) is 5.77. The minimum atomic E-state index is 0.276. The second-order valence-corrected chi connectivity index (χ2v) is 8.95. The van der Waals surface area contributed by atoms with Gasteiger partial charge in [0.1, 0.15) is 5.52 Å². The predicted molar refractivity (Wildman–Crippen MR) is 115 cm³/mol. The zero-order valence-corrected chi connectivity index (χ0v) is 18.1. The number of aromatic nitrogens is 4. The van der Waals surface area contributed by atoms with E-state index in [1.165, 1.54) is 12.8 Å². The molecule has 0 unspecified atom stereocenters. The Morgan fingerprint density at radius 2 is 1.75 bits per heavy atom. The van der Waals surface area contributed by atoms with Gasteiger partial charge in [-0.3, -0.25) is 4.90 Å². The molecule has 7 nitrogen and oxygen atoms in total. The number of aryl methyl sites for hydroxylation is 2. The summed E-state index contributed by atoms with van der Waals surface area (Å²) in [6, 6.07) is 0. The first-order valence-electron chi connectivity index (χ1n) is 10.8. The number of imidazole rings is 1. The van der Waals surface area contributed by atoms with Crippen molar-refractivity contribution in [2.24, 2.45) is 0 Å². The van der Waals surface area contributed by atoms with E-state index in [1.54, 1.807) is 0 Å². The first kappa shape index (κ1) is 21.0. The molecule has 3 heterocycles. The van der Waals surface area contributed by atoms with Gasteiger partial charge in [-0.2, -0.15) is 4.98 Å². The van der Waals surface area contributed by atoms with Crippen molar-refractivity contribution in [1.29, 1.82) is 0 Å². The average molecular weight is 388 g/mol. The van der Waals surface area contributed by atoms with Crippen molar-refractivity contribution < 1.29 is 0 Å². The van der Waals surface area contributed by atoms with Gasteiger partial charge in [0.15, 0.2) is 5.65 Å². The van der Waals surface area contributed by atoms with Crippen molar-refractivity contribution in [1.82, 2.24) is 29.3 Å². The van der Waals surface area contributed by atoms with Gasteiger partial charge in [0.25, 0.3) is 0 Å². The van der Waals surface area contributed by atoms with Gasteiger partial charge in [-0.05, 0) is 46.6 Å². The maximum Gasteiger partial charge on any atom is 0.222 e. The first-order chi connectivity index (χ1) is 13.4. The summed E-state index contributed by atoms with van der Waals surface area (Å²) in [5, 5.41) is 0. The Morgan fingerprint density at radius 3 is 2.43 bits per heavy atom. The van der Waals surface area contributed by atoms with Crippen LogP contribution in [0.5, 0.6) is 0 Å². The van der Waals surface area contributed by atoms with Crippen molar-refractivity contribution in [3.63, 3.8) is 0 Å². The standard InChI is InChI=1S/C21H37N7/c1-5-6-7-9-17-18-19(25-20(22)24-17)23-16-27(18)11-8-10-26-12-14-28(15-13-26)21(2,3)4/h16H,5-15H2,1-4H3,(H2,22,24,25). The van der Waals surface area contributed by atoms with E-state index >= 15 is 0 Å². The van der Waals surface area contributed by atoms with Gasteiger partial charge in [-0.15, -0.1) is 0 Å². The molecule has 0 amide bonds. The highest BCUT2D eigenvalue weighted by molar-refractivity contribution is 5.74. The summed E-state index contributed by atoms with van der Waals surface area (Å²) in [5.74, 6) is 0.334. The van der Waals surface area contributed by atoms with Gasteiger partial charge in [0, 0.05) is 38.3 Å². The minimum absolute atomic E-state index is 0.276. The Balaban J connectivity index is 1.57. The monoisotopic (exact) mass is 387 g/mol. The minimum Gasteiger partial charge on any atom is -0.368 e. The van der Waals surface area contributed by atoms with Crippen molar-refractivity contribution in [3.05, 3.63) is 12.0 Å². The number of hydrogen-bond acceptors (Lipinski definition) is 6. The van der Waals surface area contributed by atoms with Crippen LogP contribution in [-0.2, 0) is 13.0 Å². The molecule has 1 aliphatic heterocycles. The molecule has 3 rings (SSSR count). The highest BCUT2D eigenvalue weighted by Gasteiger charge is 2.25. The number of rotatable bonds is 8. The number of anilines is 1. The van der Waals surface area contributed by atoms with Crippen LogP contribution in [0.25, 0.3) is 11.2 Å². The molecule has 0 aromatic carbocycles. The van der Waals surface area contributed by atoms with Crippen LogP contribution in [0.3, 0.4) is 0 Å². The van der Waals surface area contributed by atoms with Crippen LogP contribution in [0.15, 0.2) is 6.33 Å². The number of unbranched alkanes of at least 4 members (excludes halogenated alkanes) is 2. The van der Waals surface area contributed by atoms with Crippen LogP contribution in [0.2, 0.25) is 0 Å². The predicted octanol–water partition coefficient (Wildman–Crippen LogP) is 2.95. The average Bonchev–Trinajstić information content (AvgIpc) is 3.04. The lowest BCUT2D eigenvalue weighted by Gasteiger charge is -2.42. The van der Waals surface area contributed by atoms with E-state index < -0.39 is 0 Å². The lowest BCUT2D eigenvalue weighted by atomic mass is 10.0. The fourth-order valence-corrected chi connectivity index (χ4v) is 4.07. The van der Waals surface area contributed by atoms with E-state index in [9.17, 15) is 0 Å². The summed E-state index contributed by atoms with van der Waals surface area (Å²) < 4.78 is 2.22. The lowest BCUT2D eigenvalue weighted by molar-refractivity contribution is 0.0614. The van der Waals surface area contributed by atoms with Crippen molar-refractivity contribution in [3.8, 4) is 0 Å². The Kier molecular flexibility index (Phi) is 6.88. The summed E-state index contributed by atoms with van der Waals surface area (Å²) >= 11 is 0. The SMILES string of the molecule is CCCCCc1nc(N)nc2ncn(CCCN3CCN(C(C)(C)C)CC3)c12. The Bertz CT molecular complexity index is 754. The van der Waals surface area contributed by atoms with Gasteiger partial charge >= 0.3 is 0 Å². The van der Waals surface area contributed by atoms with Gasteiger partial charge in [-0.25, -0.2) is 9.97 Å². The molecular weight excluding hydrogens is 350 g/mol. The maximum absolute atomic E-state index is 5.90. The van der Waals surface area contributed by atoms with E-state index in [0.717, 1.165) is 75.4 Å². The smallest absolute Gasteiger partial charge is 0.222 e. The molecule has 28 heavy (non-hydrogen) atoms. The number of nitrogens with two attached hydrogens (primary N) is 1. The van der Waals surface area contributed by atoms with E-state index in [2.05, 4.69) is 57.0 Å². The molecule has 2 N–H and O–H groups in total. The number of nitrogens with zero attached hydrogens (tertiary/aromatic N) is 6. The molecule has 0 atom stereocenters. The molecule has 2 aromatic heterocycles. The third-order valence-corrected chi connectivity index (χ3v) is 5.77. The van der Waals surface area contributed by atoms with Crippen LogP contribution in [-0.4, -0.2) is 67.6 Å². The molecule has 0 bridgehead atoms. The largest absolute Gasteiger partial charge is 0.368 e. The van der Waals surface area contributed by atoms with Crippen LogP contribution >= 0.6 is 0 Å². The molecule has 0 spiro atoms. The van der Waals surface area contributed by atoms with Gasteiger partial charge in [0.05, 0.1) is 12.0 Å². The van der Waals surface area contributed by atoms with Gasteiger partial charge in [-0.1, -0.05) is 19.8 Å². The molecule has 0 saturated carbocycles. The Labute approximate surface area is 169 Å². The van der Waals surface area contributed by atoms with Crippen molar-refractivity contribution in [2.75, 3.05) is 38.5 Å². The zero-order chi connectivity index (χ0) is 20.1. The van der Waals surface area contributed by atoms with E-state index in [-0.39, 0.29) is 5.54 Å². The quantitative estimate of drug-likeness (QED) is 0.702. The number of nitrogen functional groups attached to an aromatic ring is 1. The van der Waals surface area contributed by atoms with E-state index in [1.807, 2.05) is 6.33 Å². The molecule has 2 aromatic rings. The summed E-state index contributed by atoms with van der Waals surface area (Å²) in [6.07, 6.45) is 7.49. The number of piperazine rings is 1. The third kappa shape index (κ3) is 5.20. The summed E-state index contributed by atoms with van der Waals surface area (Å²) in [4.78, 5) is 18.5. The molecule has 0 radical (unpaired) electrons. The highest BCUT2D eigenvalue weighted by Crippen LogP contribution is 2.19. The van der Waals surface area contributed by atoms with Gasteiger partial charge in [0.2, 0.25) is 5.95 Å². The maximum atomic E-state index is 5.90. The van der Waals surface area contributed by atoms with E-state index in [4.69, 9.17) is 5.73 Å². The summed E-state index contributed by atoms with van der Waals surface area (Å²) in [5.41, 5.74) is 9.03. The molecule has 0 aliphatic carbocycles. The lowest BCUT2D eigenvalue weighted by Crippen LogP contribution is -2.53. The first-order valence-corrected chi connectivity index (χ1v) is 10.8. The second-order valence-electron chi connectivity index (χ2n) is 8.95. The number of hydrogen-bond donors (Lipinski definition) is 1. The van der Waals surface area contributed by atoms with Crippen LogP contribution in [0.4, 0.5) is 5.95 Å².